The molecule has 1 atom stereocenters. The van der Waals surface area contributed by atoms with Crippen molar-refractivity contribution >= 4 is 17.5 Å². The van der Waals surface area contributed by atoms with E-state index in [9.17, 15) is 9.59 Å². The van der Waals surface area contributed by atoms with Gasteiger partial charge < -0.3 is 19.7 Å². The first-order valence-electron chi connectivity index (χ1n) is 8.88. The molecule has 142 valence electrons. The second-order valence-corrected chi connectivity index (χ2v) is 6.61. The van der Waals surface area contributed by atoms with E-state index in [2.05, 4.69) is 5.32 Å². The maximum absolute atomic E-state index is 12.6. The Labute approximate surface area is 159 Å². The minimum Gasteiger partial charge on any atom is -0.496 e. The number of methoxy groups -OCH3 is 2. The molecule has 3 rings (SSSR count). The van der Waals surface area contributed by atoms with Gasteiger partial charge in [0, 0.05) is 25.1 Å². The van der Waals surface area contributed by atoms with Gasteiger partial charge >= 0.3 is 0 Å². The van der Waals surface area contributed by atoms with Crippen molar-refractivity contribution in [2.24, 2.45) is 5.92 Å². The molecular formula is C21H24N2O4. The van der Waals surface area contributed by atoms with Crippen molar-refractivity contribution in [2.75, 3.05) is 25.7 Å². The summed E-state index contributed by atoms with van der Waals surface area (Å²) in [6.45, 7) is 2.67. The van der Waals surface area contributed by atoms with Crippen molar-refractivity contribution < 1.29 is 19.1 Å². The van der Waals surface area contributed by atoms with E-state index in [1.54, 1.807) is 19.1 Å². The Morgan fingerprint density at radius 3 is 2.63 bits per heavy atom. The number of carbonyl (C=O) groups is 2. The van der Waals surface area contributed by atoms with Crippen molar-refractivity contribution in [2.45, 2.75) is 19.9 Å². The van der Waals surface area contributed by atoms with Crippen LogP contribution in [0.2, 0.25) is 0 Å². The summed E-state index contributed by atoms with van der Waals surface area (Å²) in [7, 11) is 3.18. The Morgan fingerprint density at radius 2 is 1.89 bits per heavy atom. The first-order valence-corrected chi connectivity index (χ1v) is 8.88. The molecule has 2 aromatic rings. The van der Waals surface area contributed by atoms with Gasteiger partial charge in [0.15, 0.2) is 0 Å². The Balaban J connectivity index is 1.68. The number of amides is 2. The summed E-state index contributed by atoms with van der Waals surface area (Å²) >= 11 is 0. The maximum atomic E-state index is 12.6. The quantitative estimate of drug-likeness (QED) is 0.851. The fourth-order valence-corrected chi connectivity index (χ4v) is 3.30. The third kappa shape index (κ3) is 4.05. The number of carbonyl (C=O) groups excluding carboxylic acids is 2. The second kappa shape index (κ2) is 8.12. The molecule has 27 heavy (non-hydrogen) atoms. The van der Waals surface area contributed by atoms with Crippen molar-refractivity contribution in [3.8, 4) is 11.5 Å². The molecule has 1 saturated heterocycles. The normalized spacial score (nSPS) is 16.3. The van der Waals surface area contributed by atoms with Gasteiger partial charge in [0.05, 0.1) is 25.8 Å². The number of benzene rings is 2. The van der Waals surface area contributed by atoms with Gasteiger partial charge in [-0.1, -0.05) is 24.3 Å². The van der Waals surface area contributed by atoms with Gasteiger partial charge in [0.1, 0.15) is 11.5 Å². The summed E-state index contributed by atoms with van der Waals surface area (Å²) in [5.74, 6) is 0.757. The van der Waals surface area contributed by atoms with Crippen molar-refractivity contribution in [3.63, 3.8) is 0 Å². The highest BCUT2D eigenvalue weighted by atomic mass is 16.5. The van der Waals surface area contributed by atoms with Gasteiger partial charge in [-0.15, -0.1) is 0 Å². The Hall–Kier alpha value is -3.02. The monoisotopic (exact) mass is 368 g/mol. The highest BCUT2D eigenvalue weighted by Crippen LogP contribution is 2.34. The van der Waals surface area contributed by atoms with Crippen LogP contribution in [0, 0.1) is 12.8 Å². The molecule has 1 fully saturated rings. The van der Waals surface area contributed by atoms with Crippen molar-refractivity contribution in [1.29, 1.82) is 0 Å². The van der Waals surface area contributed by atoms with Gasteiger partial charge in [-0.25, -0.2) is 0 Å². The van der Waals surface area contributed by atoms with E-state index >= 15 is 0 Å². The molecule has 2 aromatic carbocycles. The molecule has 0 aliphatic carbocycles. The Bertz CT molecular complexity index is 850. The molecule has 0 spiro atoms. The van der Waals surface area contributed by atoms with Crippen LogP contribution < -0.4 is 19.7 Å². The van der Waals surface area contributed by atoms with Crippen LogP contribution in [0.1, 0.15) is 17.5 Å². The Morgan fingerprint density at radius 1 is 1.15 bits per heavy atom. The van der Waals surface area contributed by atoms with Gasteiger partial charge in [0.25, 0.3) is 0 Å². The van der Waals surface area contributed by atoms with Crippen LogP contribution in [0.25, 0.3) is 0 Å². The number of aryl methyl sites for hydroxylation is 1. The van der Waals surface area contributed by atoms with E-state index in [0.29, 0.717) is 24.5 Å². The molecule has 0 radical (unpaired) electrons. The van der Waals surface area contributed by atoms with Gasteiger partial charge in [-0.3, -0.25) is 9.59 Å². The fraction of sp³-hybridized carbons (Fsp3) is 0.333. The molecule has 1 heterocycles. The van der Waals surface area contributed by atoms with E-state index in [4.69, 9.17) is 9.47 Å². The number of anilines is 1. The van der Waals surface area contributed by atoms with E-state index in [0.717, 1.165) is 16.9 Å². The third-order valence-electron chi connectivity index (χ3n) is 4.77. The van der Waals surface area contributed by atoms with E-state index in [-0.39, 0.29) is 18.2 Å². The number of para-hydroxylation sites is 1. The smallest absolute Gasteiger partial charge is 0.227 e. The molecule has 6 nitrogen and oxygen atoms in total. The molecule has 1 N–H and O–H groups in total. The maximum Gasteiger partial charge on any atom is 0.227 e. The lowest BCUT2D eigenvalue weighted by Gasteiger charge is -2.20. The number of hydrogen-bond acceptors (Lipinski definition) is 4. The predicted octanol–water partition coefficient (Wildman–Crippen LogP) is 2.68. The molecule has 6 heteroatoms. The fourth-order valence-electron chi connectivity index (χ4n) is 3.30. The molecule has 1 aliphatic rings. The van der Waals surface area contributed by atoms with Crippen molar-refractivity contribution in [1.82, 2.24) is 5.32 Å². The lowest BCUT2D eigenvalue weighted by molar-refractivity contribution is -0.126. The lowest BCUT2D eigenvalue weighted by Crippen LogP contribution is -2.32. The second-order valence-electron chi connectivity index (χ2n) is 6.61. The summed E-state index contributed by atoms with van der Waals surface area (Å²) in [4.78, 5) is 26.8. The zero-order valence-electron chi connectivity index (χ0n) is 15.8. The van der Waals surface area contributed by atoms with Crippen LogP contribution in [0.3, 0.4) is 0 Å². The Kier molecular flexibility index (Phi) is 5.64. The lowest BCUT2D eigenvalue weighted by atomic mass is 10.1. The summed E-state index contributed by atoms with van der Waals surface area (Å²) in [6, 6.07) is 13.2. The molecule has 2 amide bonds. The topological polar surface area (TPSA) is 67.9 Å². The average Bonchev–Trinajstić information content (AvgIpc) is 3.07. The summed E-state index contributed by atoms with van der Waals surface area (Å²) in [5, 5.41) is 2.92. The third-order valence-corrected chi connectivity index (χ3v) is 4.77. The number of nitrogens with zero attached hydrogens (tertiary/aromatic N) is 1. The largest absolute Gasteiger partial charge is 0.496 e. The molecule has 1 aliphatic heterocycles. The van der Waals surface area contributed by atoms with Gasteiger partial charge in [-0.05, 0) is 30.7 Å². The zero-order chi connectivity index (χ0) is 19.4. The van der Waals surface area contributed by atoms with Crippen LogP contribution in [0.4, 0.5) is 5.69 Å². The highest BCUT2D eigenvalue weighted by molar-refractivity contribution is 6.01. The van der Waals surface area contributed by atoms with Crippen LogP contribution in [-0.2, 0) is 16.1 Å². The minimum absolute atomic E-state index is 0.0728. The molecule has 0 unspecified atom stereocenters. The molecule has 0 bridgehead atoms. The van der Waals surface area contributed by atoms with E-state index in [1.165, 1.54) is 0 Å². The molecular weight excluding hydrogens is 344 g/mol. The van der Waals surface area contributed by atoms with E-state index < -0.39 is 5.92 Å². The minimum atomic E-state index is -0.391. The summed E-state index contributed by atoms with van der Waals surface area (Å²) in [5.41, 5.74) is 2.64. The number of rotatable bonds is 6. The molecule has 0 saturated carbocycles. The first-order chi connectivity index (χ1) is 13.0. The highest BCUT2D eigenvalue weighted by Gasteiger charge is 2.36. The van der Waals surface area contributed by atoms with Gasteiger partial charge in [-0.2, -0.15) is 0 Å². The average molecular weight is 368 g/mol. The zero-order valence-corrected chi connectivity index (χ0v) is 15.8. The van der Waals surface area contributed by atoms with Gasteiger partial charge in [0.2, 0.25) is 11.8 Å². The number of ether oxygens (including phenoxy) is 2. The van der Waals surface area contributed by atoms with E-state index in [1.807, 2.05) is 49.4 Å². The first kappa shape index (κ1) is 18.8. The van der Waals surface area contributed by atoms with Crippen LogP contribution in [0.5, 0.6) is 11.5 Å². The summed E-state index contributed by atoms with van der Waals surface area (Å²) in [6.07, 6.45) is 0.189. The molecule has 0 aromatic heterocycles. The SMILES string of the molecule is COc1ccccc1CNC(=O)[C@H]1CC(=O)N(c2cc(C)ccc2OC)C1. The number of hydrogen-bond donors (Lipinski definition) is 1. The standard InChI is InChI=1S/C21H24N2O4/c1-14-8-9-19(27-3)17(10-14)23-13-16(11-20(23)24)21(25)22-12-15-6-4-5-7-18(15)26-2/h4-10,16H,11-13H2,1-3H3,(H,22,25)/t16-/m0/s1. The summed E-state index contributed by atoms with van der Waals surface area (Å²) < 4.78 is 10.7. The number of nitrogens with one attached hydrogen (secondary N) is 1. The predicted molar refractivity (Wildman–Crippen MR) is 103 cm³/mol. The van der Waals surface area contributed by atoms with Crippen LogP contribution in [0.15, 0.2) is 42.5 Å². The van der Waals surface area contributed by atoms with Crippen LogP contribution in [-0.4, -0.2) is 32.6 Å². The van der Waals surface area contributed by atoms with Crippen LogP contribution >= 0.6 is 0 Å². The van der Waals surface area contributed by atoms with Crippen molar-refractivity contribution in [3.05, 3.63) is 53.6 Å².